The number of nitrogens with two attached hydrogens (primary N) is 1. The zero-order valence-corrected chi connectivity index (χ0v) is 12.1. The van der Waals surface area contributed by atoms with E-state index in [9.17, 15) is 0 Å². The Kier molecular flexibility index (Phi) is 2.92. The topological polar surface area (TPSA) is 81.1 Å². The van der Waals surface area contributed by atoms with Gasteiger partial charge in [0.2, 0.25) is 0 Å². The van der Waals surface area contributed by atoms with E-state index in [0.717, 1.165) is 24.2 Å². The van der Waals surface area contributed by atoms with Crippen molar-refractivity contribution in [1.82, 2.24) is 20.0 Å². The summed E-state index contributed by atoms with van der Waals surface area (Å²) in [5.41, 5.74) is 7.13. The molecule has 0 spiro atoms. The van der Waals surface area contributed by atoms with Crippen LogP contribution in [0.25, 0.3) is 11.5 Å². The molecule has 21 heavy (non-hydrogen) atoms. The van der Waals surface area contributed by atoms with E-state index in [4.69, 9.17) is 10.3 Å². The SMILES string of the molecule is CN1C2CCC1CC(c1noc(-c3cncc(N)c3)n1)C2. The van der Waals surface area contributed by atoms with Gasteiger partial charge in [-0.2, -0.15) is 4.98 Å². The van der Waals surface area contributed by atoms with Crippen molar-refractivity contribution in [3.05, 3.63) is 24.3 Å². The zero-order chi connectivity index (χ0) is 14.4. The van der Waals surface area contributed by atoms with Gasteiger partial charge in [-0.05, 0) is 38.8 Å². The minimum absolute atomic E-state index is 0.408. The standard InChI is InChI=1S/C15H19N5O/c1-20-12-2-3-13(20)6-9(5-12)14-18-15(21-19-14)10-4-11(16)8-17-7-10/h4,7-9,12-13H,2-3,5-6,16H2,1H3. The third kappa shape index (κ3) is 2.19. The third-order valence-electron chi connectivity index (χ3n) is 4.91. The fraction of sp³-hybridized carbons (Fsp3) is 0.533. The van der Waals surface area contributed by atoms with Gasteiger partial charge in [0.25, 0.3) is 5.89 Å². The van der Waals surface area contributed by atoms with E-state index in [0.29, 0.717) is 29.6 Å². The first-order valence-electron chi connectivity index (χ1n) is 7.47. The number of anilines is 1. The van der Waals surface area contributed by atoms with Gasteiger partial charge < -0.3 is 15.2 Å². The normalized spacial score (nSPS) is 28.9. The number of nitrogens with zero attached hydrogens (tertiary/aromatic N) is 4. The van der Waals surface area contributed by atoms with Gasteiger partial charge in [0.15, 0.2) is 5.82 Å². The highest BCUT2D eigenvalue weighted by Crippen LogP contribution is 2.41. The minimum atomic E-state index is 0.408. The van der Waals surface area contributed by atoms with E-state index in [1.54, 1.807) is 12.4 Å². The Hall–Kier alpha value is -1.95. The van der Waals surface area contributed by atoms with Crippen LogP contribution in [-0.4, -0.2) is 39.2 Å². The highest BCUT2D eigenvalue weighted by atomic mass is 16.5. The lowest BCUT2D eigenvalue weighted by atomic mass is 9.90. The summed E-state index contributed by atoms with van der Waals surface area (Å²) in [4.78, 5) is 11.2. The number of fused-ring (bicyclic) bond motifs is 2. The maximum absolute atomic E-state index is 5.75. The number of hydrogen-bond acceptors (Lipinski definition) is 6. The Morgan fingerprint density at radius 1 is 1.24 bits per heavy atom. The largest absolute Gasteiger partial charge is 0.397 e. The molecule has 4 heterocycles. The molecule has 6 heteroatoms. The maximum Gasteiger partial charge on any atom is 0.259 e. The van der Waals surface area contributed by atoms with Gasteiger partial charge in [0.1, 0.15) is 0 Å². The highest BCUT2D eigenvalue weighted by molar-refractivity contribution is 5.57. The molecule has 2 N–H and O–H groups in total. The monoisotopic (exact) mass is 285 g/mol. The summed E-state index contributed by atoms with van der Waals surface area (Å²) in [6, 6.07) is 3.15. The smallest absolute Gasteiger partial charge is 0.259 e. The predicted octanol–water partition coefficient (Wildman–Crippen LogP) is 2.05. The number of hydrogen-bond donors (Lipinski definition) is 1. The van der Waals surface area contributed by atoms with Crippen LogP contribution in [0.4, 0.5) is 5.69 Å². The molecule has 2 fully saturated rings. The van der Waals surface area contributed by atoms with Gasteiger partial charge >= 0.3 is 0 Å². The van der Waals surface area contributed by atoms with Crippen LogP contribution in [0.15, 0.2) is 23.0 Å². The maximum atomic E-state index is 5.75. The number of pyridine rings is 1. The molecule has 0 amide bonds. The molecule has 2 aliphatic heterocycles. The Bertz CT molecular complexity index is 641. The van der Waals surface area contributed by atoms with Crippen molar-refractivity contribution in [3.8, 4) is 11.5 Å². The van der Waals surface area contributed by atoms with E-state index < -0.39 is 0 Å². The molecule has 4 rings (SSSR count). The Morgan fingerprint density at radius 2 is 2.00 bits per heavy atom. The molecule has 0 aliphatic carbocycles. The predicted molar refractivity (Wildman–Crippen MR) is 78.5 cm³/mol. The lowest BCUT2D eigenvalue weighted by Crippen LogP contribution is -2.39. The third-order valence-corrected chi connectivity index (χ3v) is 4.91. The summed E-state index contributed by atoms with van der Waals surface area (Å²) in [5.74, 6) is 1.75. The summed E-state index contributed by atoms with van der Waals surface area (Å²) in [6.45, 7) is 0. The lowest BCUT2D eigenvalue weighted by molar-refractivity contribution is 0.157. The number of nitrogen functional groups attached to an aromatic ring is 1. The van der Waals surface area contributed by atoms with Gasteiger partial charge in [-0.25, -0.2) is 0 Å². The average Bonchev–Trinajstić information content (AvgIpc) is 3.02. The van der Waals surface area contributed by atoms with Crippen LogP contribution in [-0.2, 0) is 0 Å². The van der Waals surface area contributed by atoms with Crippen molar-refractivity contribution < 1.29 is 4.52 Å². The van der Waals surface area contributed by atoms with Gasteiger partial charge in [-0.1, -0.05) is 5.16 Å². The molecule has 6 nitrogen and oxygen atoms in total. The first-order valence-corrected chi connectivity index (χ1v) is 7.47. The zero-order valence-electron chi connectivity index (χ0n) is 12.1. The lowest BCUT2D eigenvalue weighted by Gasteiger charge is -2.34. The summed E-state index contributed by atoms with van der Waals surface area (Å²) in [5, 5.41) is 4.19. The van der Waals surface area contributed by atoms with E-state index in [-0.39, 0.29) is 0 Å². The first kappa shape index (κ1) is 12.8. The van der Waals surface area contributed by atoms with Gasteiger partial charge in [-0.3, -0.25) is 4.98 Å². The van der Waals surface area contributed by atoms with Gasteiger partial charge in [-0.15, -0.1) is 0 Å². The average molecular weight is 285 g/mol. The molecule has 110 valence electrons. The molecule has 2 aliphatic rings. The second-order valence-electron chi connectivity index (χ2n) is 6.18. The Morgan fingerprint density at radius 3 is 2.71 bits per heavy atom. The highest BCUT2D eigenvalue weighted by Gasteiger charge is 2.40. The fourth-order valence-corrected chi connectivity index (χ4v) is 3.71. The van der Waals surface area contributed by atoms with Gasteiger partial charge in [0, 0.05) is 30.4 Å². The van der Waals surface area contributed by atoms with Crippen LogP contribution < -0.4 is 5.73 Å². The molecular formula is C15H19N5O. The molecule has 0 saturated carbocycles. The van der Waals surface area contributed by atoms with Crippen LogP contribution >= 0.6 is 0 Å². The summed E-state index contributed by atoms with van der Waals surface area (Å²) in [6.07, 6.45) is 8.15. The Balaban J connectivity index is 1.58. The van der Waals surface area contributed by atoms with Crippen molar-refractivity contribution in [1.29, 1.82) is 0 Å². The van der Waals surface area contributed by atoms with Gasteiger partial charge in [0.05, 0.1) is 11.3 Å². The summed E-state index contributed by atoms with van der Waals surface area (Å²) < 4.78 is 5.41. The second kappa shape index (κ2) is 4.80. The van der Waals surface area contributed by atoms with Crippen molar-refractivity contribution in [3.63, 3.8) is 0 Å². The van der Waals surface area contributed by atoms with Crippen molar-refractivity contribution in [2.75, 3.05) is 12.8 Å². The van der Waals surface area contributed by atoms with E-state index in [1.807, 2.05) is 6.07 Å². The van der Waals surface area contributed by atoms with E-state index in [2.05, 4.69) is 27.1 Å². The molecule has 0 radical (unpaired) electrons. The molecule has 2 aromatic heterocycles. The minimum Gasteiger partial charge on any atom is -0.397 e. The van der Waals surface area contributed by atoms with Crippen molar-refractivity contribution in [2.45, 2.75) is 43.7 Å². The molecule has 2 aromatic rings. The Labute approximate surface area is 123 Å². The second-order valence-corrected chi connectivity index (χ2v) is 6.18. The van der Waals surface area contributed by atoms with Crippen LogP contribution in [0.5, 0.6) is 0 Å². The molecule has 2 bridgehead atoms. The summed E-state index contributed by atoms with van der Waals surface area (Å²) >= 11 is 0. The van der Waals surface area contributed by atoms with Crippen LogP contribution in [0.2, 0.25) is 0 Å². The number of aromatic nitrogens is 3. The molecule has 2 unspecified atom stereocenters. The molecule has 2 atom stereocenters. The van der Waals surface area contributed by atoms with E-state index in [1.165, 1.54) is 12.8 Å². The van der Waals surface area contributed by atoms with Crippen molar-refractivity contribution in [2.24, 2.45) is 0 Å². The molecule has 2 saturated heterocycles. The van der Waals surface area contributed by atoms with E-state index >= 15 is 0 Å². The fourth-order valence-electron chi connectivity index (χ4n) is 3.71. The van der Waals surface area contributed by atoms with Crippen LogP contribution in [0.1, 0.15) is 37.4 Å². The number of piperidine rings is 1. The van der Waals surface area contributed by atoms with Crippen molar-refractivity contribution >= 4 is 5.69 Å². The molecule has 0 aromatic carbocycles. The van der Waals surface area contributed by atoms with Crippen LogP contribution in [0.3, 0.4) is 0 Å². The number of rotatable bonds is 2. The van der Waals surface area contributed by atoms with Crippen LogP contribution in [0, 0.1) is 0 Å². The molecular weight excluding hydrogens is 266 g/mol. The summed E-state index contributed by atoms with van der Waals surface area (Å²) in [7, 11) is 2.23. The first-order chi connectivity index (χ1) is 10.2. The quantitative estimate of drug-likeness (QED) is 0.909.